The molecule has 1 amide bonds. The van der Waals surface area contributed by atoms with Crippen LogP contribution in [-0.2, 0) is 16.0 Å². The van der Waals surface area contributed by atoms with Crippen LogP contribution in [0.25, 0.3) is 0 Å². The van der Waals surface area contributed by atoms with Crippen molar-refractivity contribution in [2.45, 2.75) is 13.3 Å². The number of guanidine groups is 1. The Bertz CT molecular complexity index is 738. The average molecular weight is 551 g/mol. The SMILES string of the molecule is CCNC(=NCCc1ccc(F)cc1F)N1CCN(CC(=O)N2CCOCC2)CC1.I. The summed E-state index contributed by atoms with van der Waals surface area (Å²) in [6, 6.07) is 3.64. The Kier molecular flexibility index (Phi) is 10.9. The molecule has 0 unspecified atom stereocenters. The number of amides is 1. The number of benzene rings is 1. The van der Waals surface area contributed by atoms with Gasteiger partial charge in [-0.2, -0.15) is 0 Å². The van der Waals surface area contributed by atoms with Crippen LogP contribution in [0.3, 0.4) is 0 Å². The van der Waals surface area contributed by atoms with Gasteiger partial charge in [0.2, 0.25) is 5.91 Å². The first-order valence-electron chi connectivity index (χ1n) is 10.6. The molecule has 2 heterocycles. The number of aliphatic imine (C=N–C) groups is 1. The molecule has 0 bridgehead atoms. The van der Waals surface area contributed by atoms with Crippen LogP contribution in [0.15, 0.2) is 23.2 Å². The van der Waals surface area contributed by atoms with E-state index in [2.05, 4.69) is 20.1 Å². The number of ether oxygens (including phenoxy) is 1. The van der Waals surface area contributed by atoms with Crippen molar-refractivity contribution in [3.8, 4) is 0 Å². The fourth-order valence-electron chi connectivity index (χ4n) is 3.65. The van der Waals surface area contributed by atoms with Gasteiger partial charge in [0.1, 0.15) is 11.6 Å². The van der Waals surface area contributed by atoms with Gasteiger partial charge in [-0.05, 0) is 25.0 Å². The molecule has 3 rings (SSSR count). The number of carbonyl (C=O) groups excluding carboxylic acids is 1. The number of halogens is 3. The van der Waals surface area contributed by atoms with Crippen molar-refractivity contribution >= 4 is 35.8 Å². The Hall–Kier alpha value is -1.53. The maximum absolute atomic E-state index is 13.8. The van der Waals surface area contributed by atoms with Gasteiger partial charge in [-0.25, -0.2) is 8.78 Å². The summed E-state index contributed by atoms with van der Waals surface area (Å²) in [6.45, 7) is 9.28. The first-order valence-corrected chi connectivity index (χ1v) is 10.6. The van der Waals surface area contributed by atoms with Crippen molar-refractivity contribution in [2.75, 3.05) is 72.1 Å². The van der Waals surface area contributed by atoms with E-state index < -0.39 is 11.6 Å². The van der Waals surface area contributed by atoms with Gasteiger partial charge in [0.15, 0.2) is 5.96 Å². The number of piperazine rings is 1. The zero-order valence-corrected chi connectivity index (χ0v) is 20.3. The Morgan fingerprint density at radius 2 is 1.81 bits per heavy atom. The van der Waals surface area contributed by atoms with Gasteiger partial charge in [0, 0.05) is 58.4 Å². The summed E-state index contributed by atoms with van der Waals surface area (Å²) in [7, 11) is 0. The second-order valence-electron chi connectivity index (χ2n) is 7.48. The van der Waals surface area contributed by atoms with Crippen LogP contribution in [0.1, 0.15) is 12.5 Å². The summed E-state index contributed by atoms with van der Waals surface area (Å²) < 4.78 is 32.1. The number of hydrogen-bond donors (Lipinski definition) is 1. The average Bonchev–Trinajstić information content (AvgIpc) is 2.76. The van der Waals surface area contributed by atoms with E-state index in [1.54, 1.807) is 0 Å². The van der Waals surface area contributed by atoms with E-state index in [1.165, 1.54) is 12.1 Å². The van der Waals surface area contributed by atoms with Gasteiger partial charge in [-0.15, -0.1) is 24.0 Å². The number of morpholine rings is 1. The van der Waals surface area contributed by atoms with Crippen LogP contribution < -0.4 is 5.32 Å². The predicted molar refractivity (Wildman–Crippen MR) is 127 cm³/mol. The smallest absolute Gasteiger partial charge is 0.236 e. The molecule has 1 aromatic carbocycles. The molecule has 0 aromatic heterocycles. The molecule has 0 atom stereocenters. The molecule has 1 aromatic rings. The zero-order valence-electron chi connectivity index (χ0n) is 18.0. The van der Waals surface area contributed by atoms with Crippen molar-refractivity contribution in [3.63, 3.8) is 0 Å². The second kappa shape index (κ2) is 13.1. The second-order valence-corrected chi connectivity index (χ2v) is 7.48. The monoisotopic (exact) mass is 551 g/mol. The van der Waals surface area contributed by atoms with Gasteiger partial charge in [-0.1, -0.05) is 6.07 Å². The molecule has 1 N–H and O–H groups in total. The van der Waals surface area contributed by atoms with E-state index >= 15 is 0 Å². The van der Waals surface area contributed by atoms with E-state index in [0.717, 1.165) is 44.7 Å². The topological polar surface area (TPSA) is 60.4 Å². The minimum atomic E-state index is -0.571. The summed E-state index contributed by atoms with van der Waals surface area (Å²) >= 11 is 0. The highest BCUT2D eigenvalue weighted by Crippen LogP contribution is 2.11. The van der Waals surface area contributed by atoms with Crippen molar-refractivity contribution in [3.05, 3.63) is 35.4 Å². The molecular weight excluding hydrogens is 519 g/mol. The standard InChI is InChI=1S/C21H31F2N5O2.HI/c1-2-24-21(25-6-5-17-3-4-18(22)15-19(17)23)28-9-7-26(8-10-28)16-20(29)27-11-13-30-14-12-27;/h3-4,15H,2,5-14,16H2,1H3,(H,24,25);1H. The van der Waals surface area contributed by atoms with Gasteiger partial charge in [0.05, 0.1) is 19.8 Å². The van der Waals surface area contributed by atoms with E-state index in [4.69, 9.17) is 4.74 Å². The fraction of sp³-hybridized carbons (Fsp3) is 0.619. The highest BCUT2D eigenvalue weighted by molar-refractivity contribution is 14.0. The molecule has 174 valence electrons. The van der Waals surface area contributed by atoms with Gasteiger partial charge in [-0.3, -0.25) is 14.7 Å². The molecular formula is C21H32F2IN5O2. The highest BCUT2D eigenvalue weighted by Gasteiger charge is 2.24. The van der Waals surface area contributed by atoms with E-state index in [1.807, 2.05) is 11.8 Å². The predicted octanol–water partition coefficient (Wildman–Crippen LogP) is 1.57. The van der Waals surface area contributed by atoms with Crippen LogP contribution in [0.4, 0.5) is 8.78 Å². The van der Waals surface area contributed by atoms with Crippen LogP contribution in [0, 0.1) is 11.6 Å². The fourth-order valence-corrected chi connectivity index (χ4v) is 3.65. The number of nitrogens with one attached hydrogen (secondary N) is 1. The molecule has 2 saturated heterocycles. The maximum Gasteiger partial charge on any atom is 0.236 e. The minimum Gasteiger partial charge on any atom is -0.378 e. The molecule has 0 saturated carbocycles. The van der Waals surface area contributed by atoms with Gasteiger partial charge in [0.25, 0.3) is 0 Å². The molecule has 2 aliphatic heterocycles. The maximum atomic E-state index is 13.8. The molecule has 0 aliphatic carbocycles. The number of carbonyl (C=O) groups is 1. The highest BCUT2D eigenvalue weighted by atomic mass is 127. The third-order valence-electron chi connectivity index (χ3n) is 5.39. The molecule has 10 heteroatoms. The normalized spacial score (nSPS) is 18.0. The van der Waals surface area contributed by atoms with Crippen molar-refractivity contribution < 1.29 is 18.3 Å². The Morgan fingerprint density at radius 1 is 1.10 bits per heavy atom. The van der Waals surface area contributed by atoms with Crippen molar-refractivity contribution in [2.24, 2.45) is 4.99 Å². The lowest BCUT2D eigenvalue weighted by atomic mass is 10.1. The third kappa shape index (κ3) is 7.83. The summed E-state index contributed by atoms with van der Waals surface area (Å²) in [5.74, 6) is -0.153. The Labute approximate surface area is 199 Å². The lowest BCUT2D eigenvalue weighted by molar-refractivity contribution is -0.136. The van der Waals surface area contributed by atoms with Crippen LogP contribution in [0.2, 0.25) is 0 Å². The van der Waals surface area contributed by atoms with Crippen molar-refractivity contribution in [1.29, 1.82) is 0 Å². The first kappa shape index (κ1) is 25.7. The van der Waals surface area contributed by atoms with Crippen LogP contribution in [0.5, 0.6) is 0 Å². The van der Waals surface area contributed by atoms with Crippen LogP contribution >= 0.6 is 24.0 Å². The Balaban J connectivity index is 0.00000341. The number of nitrogens with zero attached hydrogens (tertiary/aromatic N) is 4. The third-order valence-corrected chi connectivity index (χ3v) is 5.39. The van der Waals surface area contributed by atoms with Gasteiger partial charge < -0.3 is 19.9 Å². The lowest BCUT2D eigenvalue weighted by Gasteiger charge is -2.37. The summed E-state index contributed by atoms with van der Waals surface area (Å²) in [5.41, 5.74) is 0.461. The molecule has 2 aliphatic rings. The van der Waals surface area contributed by atoms with E-state index in [-0.39, 0.29) is 29.9 Å². The molecule has 0 radical (unpaired) electrons. The lowest BCUT2D eigenvalue weighted by Crippen LogP contribution is -2.55. The summed E-state index contributed by atoms with van der Waals surface area (Å²) in [5, 5.41) is 3.28. The van der Waals surface area contributed by atoms with E-state index in [9.17, 15) is 13.6 Å². The first-order chi connectivity index (χ1) is 14.6. The zero-order chi connectivity index (χ0) is 21.3. The van der Waals surface area contributed by atoms with Crippen LogP contribution in [-0.4, -0.2) is 98.7 Å². The molecule has 7 nitrogen and oxygen atoms in total. The van der Waals surface area contributed by atoms with E-state index in [0.29, 0.717) is 51.4 Å². The Morgan fingerprint density at radius 3 is 2.45 bits per heavy atom. The summed E-state index contributed by atoms with van der Waals surface area (Å²) in [6.07, 6.45) is 0.412. The minimum absolute atomic E-state index is 0. The number of hydrogen-bond acceptors (Lipinski definition) is 4. The summed E-state index contributed by atoms with van der Waals surface area (Å²) in [4.78, 5) is 23.3. The molecule has 0 spiro atoms. The quantitative estimate of drug-likeness (QED) is 0.331. The van der Waals surface area contributed by atoms with Crippen molar-refractivity contribution in [1.82, 2.24) is 20.0 Å². The van der Waals surface area contributed by atoms with Gasteiger partial charge >= 0.3 is 0 Å². The molecule has 31 heavy (non-hydrogen) atoms. The number of rotatable bonds is 6. The molecule has 2 fully saturated rings. The largest absolute Gasteiger partial charge is 0.378 e.